The van der Waals surface area contributed by atoms with Crippen molar-refractivity contribution in [3.63, 3.8) is 0 Å². The topological polar surface area (TPSA) is 35.5 Å². The molecule has 2 N–H and O–H groups in total. The van der Waals surface area contributed by atoms with E-state index in [-0.39, 0.29) is 12.1 Å². The lowest BCUT2D eigenvalue weighted by atomic mass is 9.95. The summed E-state index contributed by atoms with van der Waals surface area (Å²) in [6.07, 6.45) is 7.40. The van der Waals surface area contributed by atoms with Crippen LogP contribution in [-0.2, 0) is 0 Å². The number of unbranched alkanes of at least 4 members (excludes halogenated alkanes) is 1. The van der Waals surface area contributed by atoms with Gasteiger partial charge in [-0.2, -0.15) is 0 Å². The molecule has 2 unspecified atom stereocenters. The average Bonchev–Trinajstić information content (AvgIpc) is 2.89. The van der Waals surface area contributed by atoms with Crippen molar-refractivity contribution in [1.29, 1.82) is 0 Å². The minimum Gasteiger partial charge on any atom is -0.394 e. The molecule has 0 amide bonds. The molecule has 1 heterocycles. The lowest BCUT2D eigenvalue weighted by Gasteiger charge is -2.29. The van der Waals surface area contributed by atoms with Gasteiger partial charge in [-0.05, 0) is 58.2 Å². The van der Waals surface area contributed by atoms with E-state index in [0.717, 1.165) is 25.3 Å². The summed E-state index contributed by atoms with van der Waals surface area (Å²) in [4.78, 5) is 2.62. The first-order valence-corrected chi connectivity index (χ1v) is 8.21. The summed E-state index contributed by atoms with van der Waals surface area (Å²) in [6.45, 7) is 11.7. The fourth-order valence-electron chi connectivity index (χ4n) is 2.95. The average molecular weight is 270 g/mol. The smallest absolute Gasteiger partial charge is 0.0610 e. The van der Waals surface area contributed by atoms with Gasteiger partial charge in [-0.3, -0.25) is 0 Å². The fraction of sp³-hybridized carbons (Fsp3) is 1.00. The quantitative estimate of drug-likeness (QED) is 0.599. The zero-order valence-electron chi connectivity index (χ0n) is 13.2. The van der Waals surface area contributed by atoms with Gasteiger partial charge in [0.25, 0.3) is 0 Å². The highest BCUT2D eigenvalue weighted by molar-refractivity contribution is 4.82. The van der Waals surface area contributed by atoms with Gasteiger partial charge in [0.15, 0.2) is 0 Å². The van der Waals surface area contributed by atoms with Gasteiger partial charge in [0.1, 0.15) is 0 Å². The molecule has 1 aliphatic rings. The molecule has 0 aromatic heterocycles. The Hall–Kier alpha value is -0.120. The van der Waals surface area contributed by atoms with Gasteiger partial charge in [-0.15, -0.1) is 0 Å². The molecule has 0 spiro atoms. The first kappa shape index (κ1) is 16.9. The molecule has 0 radical (unpaired) electrons. The second-order valence-corrected chi connectivity index (χ2v) is 6.47. The standard InChI is InChI=1S/C16H34N2O/c1-4-10-17-16(3,14-19)9-6-7-11-18-12-8-15(5-2)13-18/h15,17,19H,4-14H2,1-3H3. The highest BCUT2D eigenvalue weighted by Crippen LogP contribution is 2.20. The van der Waals surface area contributed by atoms with E-state index < -0.39 is 0 Å². The number of aliphatic hydroxyl groups excluding tert-OH is 1. The number of likely N-dealkylation sites (tertiary alicyclic amines) is 1. The third-order valence-corrected chi connectivity index (χ3v) is 4.55. The van der Waals surface area contributed by atoms with E-state index in [2.05, 4.69) is 31.0 Å². The molecule has 2 atom stereocenters. The van der Waals surface area contributed by atoms with E-state index in [1.54, 1.807) is 0 Å². The Kier molecular flexibility index (Phi) is 7.96. The van der Waals surface area contributed by atoms with Crippen LogP contribution in [-0.4, -0.2) is 48.3 Å². The van der Waals surface area contributed by atoms with E-state index in [0.29, 0.717) is 0 Å². The summed E-state index contributed by atoms with van der Waals surface area (Å²) >= 11 is 0. The number of aliphatic hydroxyl groups is 1. The normalized spacial score (nSPS) is 23.7. The van der Waals surface area contributed by atoms with Gasteiger partial charge < -0.3 is 15.3 Å². The first-order valence-electron chi connectivity index (χ1n) is 8.21. The Morgan fingerprint density at radius 3 is 2.68 bits per heavy atom. The zero-order valence-corrected chi connectivity index (χ0v) is 13.2. The lowest BCUT2D eigenvalue weighted by Crippen LogP contribution is -2.46. The molecule has 0 aromatic carbocycles. The maximum Gasteiger partial charge on any atom is 0.0610 e. The summed E-state index contributed by atoms with van der Waals surface area (Å²) in [7, 11) is 0. The molecule has 19 heavy (non-hydrogen) atoms. The molecule has 0 bridgehead atoms. The van der Waals surface area contributed by atoms with Gasteiger partial charge in [0.2, 0.25) is 0 Å². The molecule has 3 nitrogen and oxygen atoms in total. The number of hydrogen-bond donors (Lipinski definition) is 2. The van der Waals surface area contributed by atoms with Crippen LogP contribution in [0.1, 0.15) is 59.3 Å². The number of rotatable bonds is 10. The Balaban J connectivity index is 2.12. The molecule has 1 saturated heterocycles. The molecule has 1 fully saturated rings. The van der Waals surface area contributed by atoms with Crippen LogP contribution in [0.15, 0.2) is 0 Å². The van der Waals surface area contributed by atoms with E-state index in [1.165, 1.54) is 45.3 Å². The maximum absolute atomic E-state index is 9.52. The van der Waals surface area contributed by atoms with Crippen LogP contribution in [0, 0.1) is 5.92 Å². The molecule has 1 rings (SSSR count). The Morgan fingerprint density at radius 1 is 1.32 bits per heavy atom. The van der Waals surface area contributed by atoms with E-state index in [9.17, 15) is 5.11 Å². The third kappa shape index (κ3) is 6.24. The third-order valence-electron chi connectivity index (χ3n) is 4.55. The fourth-order valence-corrected chi connectivity index (χ4v) is 2.95. The second kappa shape index (κ2) is 8.93. The van der Waals surface area contributed by atoms with Crippen LogP contribution in [0.25, 0.3) is 0 Å². The Labute approximate surface area is 119 Å². The van der Waals surface area contributed by atoms with Crippen molar-refractivity contribution in [2.75, 3.05) is 32.8 Å². The van der Waals surface area contributed by atoms with Crippen LogP contribution < -0.4 is 5.32 Å². The predicted molar refractivity (Wildman–Crippen MR) is 82.5 cm³/mol. The van der Waals surface area contributed by atoms with Crippen molar-refractivity contribution in [1.82, 2.24) is 10.2 Å². The van der Waals surface area contributed by atoms with E-state index in [4.69, 9.17) is 0 Å². The monoisotopic (exact) mass is 270 g/mol. The van der Waals surface area contributed by atoms with Crippen molar-refractivity contribution >= 4 is 0 Å². The minimum absolute atomic E-state index is 0.0764. The van der Waals surface area contributed by atoms with Crippen molar-refractivity contribution in [3.05, 3.63) is 0 Å². The Bertz CT molecular complexity index is 235. The number of hydrogen-bond acceptors (Lipinski definition) is 3. The minimum atomic E-state index is -0.0764. The van der Waals surface area contributed by atoms with E-state index >= 15 is 0 Å². The molecule has 0 aliphatic carbocycles. The lowest BCUT2D eigenvalue weighted by molar-refractivity contribution is 0.161. The number of nitrogens with one attached hydrogen (secondary N) is 1. The highest BCUT2D eigenvalue weighted by atomic mass is 16.3. The van der Waals surface area contributed by atoms with Crippen molar-refractivity contribution in [2.24, 2.45) is 5.92 Å². The van der Waals surface area contributed by atoms with Gasteiger partial charge in [-0.25, -0.2) is 0 Å². The van der Waals surface area contributed by atoms with Gasteiger partial charge in [0.05, 0.1) is 6.61 Å². The molecular formula is C16H34N2O. The molecule has 114 valence electrons. The summed E-state index contributed by atoms with van der Waals surface area (Å²) in [6, 6.07) is 0. The summed E-state index contributed by atoms with van der Waals surface area (Å²) < 4.78 is 0. The predicted octanol–water partition coefficient (Wildman–Crippen LogP) is 2.64. The van der Waals surface area contributed by atoms with Crippen molar-refractivity contribution in [2.45, 2.75) is 64.8 Å². The summed E-state index contributed by atoms with van der Waals surface area (Å²) in [5.74, 6) is 0.939. The SMILES string of the molecule is CCCNC(C)(CO)CCCCN1CCC(CC)C1. The largest absolute Gasteiger partial charge is 0.394 e. The van der Waals surface area contributed by atoms with Crippen LogP contribution in [0.4, 0.5) is 0 Å². The van der Waals surface area contributed by atoms with E-state index in [1.807, 2.05) is 0 Å². The maximum atomic E-state index is 9.52. The first-order chi connectivity index (χ1) is 9.13. The molecule has 1 aliphatic heterocycles. The second-order valence-electron chi connectivity index (χ2n) is 6.47. The van der Waals surface area contributed by atoms with Crippen LogP contribution in [0.5, 0.6) is 0 Å². The van der Waals surface area contributed by atoms with Crippen LogP contribution in [0.3, 0.4) is 0 Å². The number of nitrogens with zero attached hydrogens (tertiary/aromatic N) is 1. The zero-order chi connectivity index (χ0) is 14.1. The molecule has 0 aromatic rings. The van der Waals surface area contributed by atoms with Crippen LogP contribution >= 0.6 is 0 Å². The molecular weight excluding hydrogens is 236 g/mol. The Morgan fingerprint density at radius 2 is 2.11 bits per heavy atom. The van der Waals surface area contributed by atoms with Gasteiger partial charge in [0, 0.05) is 12.1 Å². The molecule has 3 heteroatoms. The summed E-state index contributed by atoms with van der Waals surface area (Å²) in [5.41, 5.74) is -0.0764. The van der Waals surface area contributed by atoms with Crippen molar-refractivity contribution < 1.29 is 5.11 Å². The molecule has 0 saturated carbocycles. The van der Waals surface area contributed by atoms with Crippen molar-refractivity contribution in [3.8, 4) is 0 Å². The van der Waals surface area contributed by atoms with Gasteiger partial charge >= 0.3 is 0 Å². The summed E-state index contributed by atoms with van der Waals surface area (Å²) in [5, 5.41) is 13.0. The highest BCUT2D eigenvalue weighted by Gasteiger charge is 2.23. The van der Waals surface area contributed by atoms with Gasteiger partial charge in [-0.1, -0.05) is 26.7 Å². The van der Waals surface area contributed by atoms with Crippen LogP contribution in [0.2, 0.25) is 0 Å².